The largest absolute Gasteiger partial charge is 0.414 e. The van der Waals surface area contributed by atoms with Gasteiger partial charge in [-0.2, -0.15) is 0 Å². The zero-order valence-corrected chi connectivity index (χ0v) is 9.43. The Morgan fingerprint density at radius 2 is 1.93 bits per heavy atom. The lowest BCUT2D eigenvalue weighted by Crippen LogP contribution is -2.32. The topological polar surface area (TPSA) is 29.5 Å². The first-order chi connectivity index (χ1) is 7.09. The van der Waals surface area contributed by atoms with Crippen LogP contribution in [0.25, 0.3) is 0 Å². The van der Waals surface area contributed by atoms with E-state index in [0.29, 0.717) is 18.2 Å². The molecule has 0 aliphatic carbocycles. The molecule has 0 bridgehead atoms. The fourth-order valence-electron chi connectivity index (χ4n) is 1.29. The molecule has 3 nitrogen and oxygen atoms in total. The first kappa shape index (κ1) is 11.6. The van der Waals surface area contributed by atoms with Gasteiger partial charge in [0, 0.05) is 13.6 Å². The van der Waals surface area contributed by atoms with Crippen molar-refractivity contribution < 1.29 is 9.53 Å². The molecule has 0 radical (unpaired) electrons. The van der Waals surface area contributed by atoms with Crippen molar-refractivity contribution in [2.75, 3.05) is 13.6 Å². The molecule has 1 amide bonds. The highest BCUT2D eigenvalue weighted by molar-refractivity contribution is 5.70. The summed E-state index contributed by atoms with van der Waals surface area (Å²) in [7, 11) is 1.74. The monoisotopic (exact) mass is 207 g/mol. The van der Waals surface area contributed by atoms with Crippen LogP contribution in [0.4, 0.5) is 4.79 Å². The second-order valence-electron chi connectivity index (χ2n) is 3.96. The maximum atomic E-state index is 11.6. The highest BCUT2D eigenvalue weighted by atomic mass is 16.6. The van der Waals surface area contributed by atoms with Crippen LogP contribution in [-0.2, 0) is 0 Å². The van der Waals surface area contributed by atoms with Gasteiger partial charge >= 0.3 is 6.09 Å². The zero-order chi connectivity index (χ0) is 11.3. The van der Waals surface area contributed by atoms with Gasteiger partial charge in [-0.1, -0.05) is 32.0 Å². The van der Waals surface area contributed by atoms with Crippen molar-refractivity contribution in [1.29, 1.82) is 0 Å². The summed E-state index contributed by atoms with van der Waals surface area (Å²) in [4.78, 5) is 13.1. The third kappa shape index (κ3) is 4.02. The van der Waals surface area contributed by atoms with Gasteiger partial charge in [-0.05, 0) is 18.1 Å². The van der Waals surface area contributed by atoms with Gasteiger partial charge in [-0.25, -0.2) is 4.79 Å². The van der Waals surface area contributed by atoms with Gasteiger partial charge in [0.1, 0.15) is 5.75 Å². The number of amides is 1. The van der Waals surface area contributed by atoms with Crippen molar-refractivity contribution >= 4 is 6.09 Å². The van der Waals surface area contributed by atoms with Crippen LogP contribution in [0.2, 0.25) is 0 Å². The summed E-state index contributed by atoms with van der Waals surface area (Å²) < 4.78 is 5.16. The Bertz CT molecular complexity index is 309. The Morgan fingerprint density at radius 3 is 2.47 bits per heavy atom. The van der Waals surface area contributed by atoms with E-state index in [0.717, 1.165) is 0 Å². The van der Waals surface area contributed by atoms with E-state index in [4.69, 9.17) is 4.74 Å². The van der Waals surface area contributed by atoms with E-state index in [2.05, 4.69) is 13.8 Å². The molecule has 0 heterocycles. The zero-order valence-electron chi connectivity index (χ0n) is 9.43. The summed E-state index contributed by atoms with van der Waals surface area (Å²) in [6.45, 7) is 4.82. The minimum absolute atomic E-state index is 0.310. The molecular formula is C12H17NO2. The van der Waals surface area contributed by atoms with E-state index < -0.39 is 0 Å². The molecule has 0 atom stereocenters. The molecule has 0 spiro atoms. The molecule has 0 aliphatic rings. The average molecular weight is 207 g/mol. The Balaban J connectivity index is 2.49. The van der Waals surface area contributed by atoms with E-state index >= 15 is 0 Å². The number of ether oxygens (including phenoxy) is 1. The molecule has 0 unspecified atom stereocenters. The summed E-state index contributed by atoms with van der Waals surface area (Å²) in [6, 6.07) is 9.09. The van der Waals surface area contributed by atoms with Crippen molar-refractivity contribution in [2.24, 2.45) is 5.92 Å². The van der Waals surface area contributed by atoms with Gasteiger partial charge in [-0.3, -0.25) is 0 Å². The second kappa shape index (κ2) is 5.39. The van der Waals surface area contributed by atoms with Crippen molar-refractivity contribution in [1.82, 2.24) is 4.90 Å². The van der Waals surface area contributed by atoms with Crippen LogP contribution < -0.4 is 4.74 Å². The number of nitrogens with zero attached hydrogens (tertiary/aromatic N) is 1. The van der Waals surface area contributed by atoms with Crippen LogP contribution in [0.1, 0.15) is 13.8 Å². The van der Waals surface area contributed by atoms with Gasteiger partial charge < -0.3 is 9.64 Å². The summed E-state index contributed by atoms with van der Waals surface area (Å²) in [5.74, 6) is 1.02. The van der Waals surface area contributed by atoms with Gasteiger partial charge in [0.25, 0.3) is 0 Å². The standard InChI is InChI=1S/C12H17NO2/c1-10(2)9-13(3)12(14)15-11-7-5-4-6-8-11/h4-8,10H,9H2,1-3H3. The molecule has 3 heteroatoms. The molecule has 1 rings (SSSR count). The van der Waals surface area contributed by atoms with E-state index in [1.807, 2.05) is 18.2 Å². The van der Waals surface area contributed by atoms with Crippen LogP contribution in [0.5, 0.6) is 5.75 Å². The van der Waals surface area contributed by atoms with E-state index in [-0.39, 0.29) is 6.09 Å². The molecule has 0 saturated carbocycles. The van der Waals surface area contributed by atoms with Crippen LogP contribution in [0.15, 0.2) is 30.3 Å². The van der Waals surface area contributed by atoms with Crippen molar-refractivity contribution in [3.8, 4) is 5.75 Å². The number of para-hydroxylation sites is 1. The molecule has 0 aliphatic heterocycles. The molecule has 0 saturated heterocycles. The number of benzene rings is 1. The van der Waals surface area contributed by atoms with E-state index in [9.17, 15) is 4.79 Å². The molecule has 1 aromatic rings. The van der Waals surface area contributed by atoms with Crippen LogP contribution in [0, 0.1) is 5.92 Å². The normalized spacial score (nSPS) is 10.1. The van der Waals surface area contributed by atoms with Crippen LogP contribution >= 0.6 is 0 Å². The fourth-order valence-corrected chi connectivity index (χ4v) is 1.29. The third-order valence-corrected chi connectivity index (χ3v) is 1.90. The lowest BCUT2D eigenvalue weighted by atomic mass is 10.2. The Kier molecular flexibility index (Phi) is 4.16. The Morgan fingerprint density at radius 1 is 1.33 bits per heavy atom. The van der Waals surface area contributed by atoms with Gasteiger partial charge in [0.15, 0.2) is 0 Å². The first-order valence-electron chi connectivity index (χ1n) is 5.07. The number of carbonyl (C=O) groups is 1. The quantitative estimate of drug-likeness (QED) is 0.762. The van der Waals surface area contributed by atoms with Gasteiger partial charge in [0.05, 0.1) is 0 Å². The van der Waals surface area contributed by atoms with Gasteiger partial charge in [0.2, 0.25) is 0 Å². The van der Waals surface area contributed by atoms with Crippen molar-refractivity contribution in [3.05, 3.63) is 30.3 Å². The highest BCUT2D eigenvalue weighted by Gasteiger charge is 2.11. The van der Waals surface area contributed by atoms with Crippen molar-refractivity contribution in [3.63, 3.8) is 0 Å². The van der Waals surface area contributed by atoms with E-state index in [1.54, 1.807) is 24.1 Å². The summed E-state index contributed by atoms with van der Waals surface area (Å²) >= 11 is 0. The number of rotatable bonds is 3. The highest BCUT2D eigenvalue weighted by Crippen LogP contribution is 2.10. The molecule has 82 valence electrons. The summed E-state index contributed by atoms with van der Waals surface area (Å²) in [5, 5.41) is 0. The molecule has 1 aromatic carbocycles. The third-order valence-electron chi connectivity index (χ3n) is 1.90. The maximum absolute atomic E-state index is 11.6. The Hall–Kier alpha value is -1.51. The lowest BCUT2D eigenvalue weighted by molar-refractivity contribution is 0.158. The molecule has 15 heavy (non-hydrogen) atoms. The summed E-state index contributed by atoms with van der Waals surface area (Å²) in [6.07, 6.45) is -0.310. The van der Waals surface area contributed by atoms with Gasteiger partial charge in [-0.15, -0.1) is 0 Å². The summed E-state index contributed by atoms with van der Waals surface area (Å²) in [5.41, 5.74) is 0. The van der Waals surface area contributed by atoms with Crippen LogP contribution in [0.3, 0.4) is 0 Å². The minimum Gasteiger partial charge on any atom is -0.410 e. The minimum atomic E-state index is -0.310. The molecule has 0 fully saturated rings. The fraction of sp³-hybridized carbons (Fsp3) is 0.417. The average Bonchev–Trinajstić information content (AvgIpc) is 2.18. The second-order valence-corrected chi connectivity index (χ2v) is 3.96. The van der Waals surface area contributed by atoms with E-state index in [1.165, 1.54) is 0 Å². The predicted molar refractivity (Wildman–Crippen MR) is 59.9 cm³/mol. The SMILES string of the molecule is CC(C)CN(C)C(=O)Oc1ccccc1. The molecule has 0 N–H and O–H groups in total. The van der Waals surface area contributed by atoms with Crippen LogP contribution in [-0.4, -0.2) is 24.6 Å². The smallest absolute Gasteiger partial charge is 0.410 e. The van der Waals surface area contributed by atoms with Crippen molar-refractivity contribution in [2.45, 2.75) is 13.8 Å². The maximum Gasteiger partial charge on any atom is 0.414 e. The molecular weight excluding hydrogens is 190 g/mol. The predicted octanol–water partition coefficient (Wildman–Crippen LogP) is 2.77. The first-order valence-corrected chi connectivity index (χ1v) is 5.07. The number of carbonyl (C=O) groups excluding carboxylic acids is 1. The number of hydrogen-bond acceptors (Lipinski definition) is 2. The molecule has 0 aromatic heterocycles. The number of hydrogen-bond donors (Lipinski definition) is 0. The lowest BCUT2D eigenvalue weighted by Gasteiger charge is -2.18. The Labute approximate surface area is 90.7 Å².